The first-order chi connectivity index (χ1) is 10.0. The van der Waals surface area contributed by atoms with Crippen molar-refractivity contribution in [3.63, 3.8) is 0 Å². The van der Waals surface area contributed by atoms with E-state index in [4.69, 9.17) is 11.6 Å². The van der Waals surface area contributed by atoms with E-state index in [1.54, 1.807) is 12.1 Å². The molecule has 1 saturated heterocycles. The van der Waals surface area contributed by atoms with Gasteiger partial charge in [0, 0.05) is 11.4 Å². The quantitative estimate of drug-likeness (QED) is 0.826. The Labute approximate surface area is 127 Å². The van der Waals surface area contributed by atoms with Gasteiger partial charge in [-0.3, -0.25) is 19.7 Å². The van der Waals surface area contributed by atoms with Gasteiger partial charge in [-0.1, -0.05) is 23.7 Å². The Morgan fingerprint density at radius 2 is 1.90 bits per heavy atom. The average molecular weight is 307 g/mol. The van der Waals surface area contributed by atoms with Crippen molar-refractivity contribution in [2.24, 2.45) is 0 Å². The minimum absolute atomic E-state index is 0.153. The van der Waals surface area contributed by atoms with Crippen LogP contribution in [-0.4, -0.2) is 23.8 Å². The molecule has 0 aromatic heterocycles. The summed E-state index contributed by atoms with van der Waals surface area (Å²) in [6.07, 6.45) is 2.12. The van der Waals surface area contributed by atoms with E-state index < -0.39 is 17.4 Å². The number of amides is 3. The monoisotopic (exact) mass is 306 g/mol. The molecule has 5 nitrogen and oxygen atoms in total. The molecule has 0 bridgehead atoms. The Kier molecular flexibility index (Phi) is 3.45. The number of benzene rings is 1. The molecule has 1 atom stereocenters. The maximum Gasteiger partial charge on any atom is 0.249 e. The minimum atomic E-state index is -0.625. The third kappa shape index (κ3) is 2.65. The van der Waals surface area contributed by atoms with Crippen molar-refractivity contribution in [3.05, 3.63) is 34.9 Å². The summed E-state index contributed by atoms with van der Waals surface area (Å²) in [7, 11) is 0. The maximum atomic E-state index is 12.5. The highest BCUT2D eigenvalue weighted by Crippen LogP contribution is 2.48. The predicted molar refractivity (Wildman–Crippen MR) is 76.7 cm³/mol. The third-order valence-corrected chi connectivity index (χ3v) is 4.38. The fraction of sp³-hybridized carbons (Fsp3) is 0.400. The minimum Gasteiger partial charge on any atom is -0.344 e. The summed E-state index contributed by atoms with van der Waals surface area (Å²) >= 11 is 5.86. The number of rotatable bonds is 3. The van der Waals surface area contributed by atoms with Gasteiger partial charge in [-0.15, -0.1) is 0 Å². The van der Waals surface area contributed by atoms with Gasteiger partial charge >= 0.3 is 0 Å². The topological polar surface area (TPSA) is 75.3 Å². The summed E-state index contributed by atoms with van der Waals surface area (Å²) in [6, 6.07) is 6.59. The van der Waals surface area contributed by atoms with Crippen LogP contribution < -0.4 is 10.6 Å². The molecule has 0 spiro atoms. The van der Waals surface area contributed by atoms with Crippen molar-refractivity contribution in [2.45, 2.75) is 37.1 Å². The van der Waals surface area contributed by atoms with Crippen molar-refractivity contribution in [1.82, 2.24) is 10.6 Å². The summed E-state index contributed by atoms with van der Waals surface area (Å²) < 4.78 is 0. The van der Waals surface area contributed by atoms with Gasteiger partial charge in [-0.25, -0.2) is 0 Å². The molecule has 1 saturated carbocycles. The average Bonchev–Trinajstić information content (AvgIpc) is 3.24. The molecule has 2 fully saturated rings. The molecule has 2 aliphatic rings. The summed E-state index contributed by atoms with van der Waals surface area (Å²) in [5.41, 5.74) is 0.364. The lowest BCUT2D eigenvalue weighted by molar-refractivity contribution is -0.137. The van der Waals surface area contributed by atoms with Crippen LogP contribution in [0.2, 0.25) is 5.02 Å². The second-order valence-corrected chi connectivity index (χ2v) is 6.00. The summed E-state index contributed by atoms with van der Waals surface area (Å²) in [5, 5.41) is 5.64. The zero-order valence-corrected chi connectivity index (χ0v) is 12.1. The normalized spacial score (nSPS) is 23.4. The van der Waals surface area contributed by atoms with Crippen LogP contribution >= 0.6 is 11.6 Å². The van der Waals surface area contributed by atoms with Crippen LogP contribution in [0.4, 0.5) is 0 Å². The molecule has 1 aliphatic carbocycles. The number of carbonyl (C=O) groups excluding carboxylic acids is 3. The molecular weight excluding hydrogens is 292 g/mol. The van der Waals surface area contributed by atoms with E-state index >= 15 is 0 Å². The van der Waals surface area contributed by atoms with Crippen LogP contribution in [-0.2, 0) is 19.8 Å². The molecule has 3 amide bonds. The SMILES string of the molecule is O=C1CCC(NC(=O)C2(c3ccc(Cl)cc3)CC2)C(=O)N1. The van der Waals surface area contributed by atoms with Crippen molar-refractivity contribution < 1.29 is 14.4 Å². The van der Waals surface area contributed by atoms with Crippen LogP contribution in [0, 0.1) is 0 Å². The first-order valence-corrected chi connectivity index (χ1v) is 7.30. The fourth-order valence-electron chi connectivity index (χ4n) is 2.67. The van der Waals surface area contributed by atoms with Gasteiger partial charge in [0.15, 0.2) is 0 Å². The highest BCUT2D eigenvalue weighted by Gasteiger charge is 2.52. The second-order valence-electron chi connectivity index (χ2n) is 5.57. The number of imide groups is 1. The van der Waals surface area contributed by atoms with Gasteiger partial charge in [0.2, 0.25) is 17.7 Å². The Bertz CT molecular complexity index is 608. The summed E-state index contributed by atoms with van der Waals surface area (Å²) in [5.74, 6) is -0.866. The van der Waals surface area contributed by atoms with E-state index in [1.165, 1.54) is 0 Å². The lowest BCUT2D eigenvalue weighted by atomic mass is 9.94. The fourth-order valence-corrected chi connectivity index (χ4v) is 2.79. The molecule has 1 aromatic rings. The Hall–Kier alpha value is -1.88. The first-order valence-electron chi connectivity index (χ1n) is 6.92. The van der Waals surface area contributed by atoms with Gasteiger partial charge < -0.3 is 5.32 Å². The standard InChI is InChI=1S/C15H15ClN2O3/c16-10-3-1-9(2-4-10)15(7-8-15)14(21)17-11-5-6-12(19)18-13(11)20/h1-4,11H,5-8H2,(H,17,21)(H,18,19,20). The molecule has 1 unspecified atom stereocenters. The number of carbonyl (C=O) groups is 3. The number of hydrogen-bond donors (Lipinski definition) is 2. The molecular formula is C15H15ClN2O3. The largest absolute Gasteiger partial charge is 0.344 e. The molecule has 110 valence electrons. The lowest BCUT2D eigenvalue weighted by Gasteiger charge is -2.24. The third-order valence-electron chi connectivity index (χ3n) is 4.13. The number of piperidine rings is 1. The maximum absolute atomic E-state index is 12.5. The van der Waals surface area contributed by atoms with E-state index in [1.807, 2.05) is 12.1 Å². The van der Waals surface area contributed by atoms with E-state index in [9.17, 15) is 14.4 Å². The van der Waals surface area contributed by atoms with Crippen LogP contribution in [0.15, 0.2) is 24.3 Å². The molecule has 0 radical (unpaired) electrons. The van der Waals surface area contributed by atoms with E-state index in [2.05, 4.69) is 10.6 Å². The molecule has 2 N–H and O–H groups in total. The molecule has 1 aliphatic heterocycles. The van der Waals surface area contributed by atoms with Gasteiger partial charge in [0.25, 0.3) is 0 Å². The first kappa shape index (κ1) is 14.1. The lowest BCUT2D eigenvalue weighted by Crippen LogP contribution is -2.54. The van der Waals surface area contributed by atoms with Gasteiger partial charge in [-0.05, 0) is 37.0 Å². The molecule has 21 heavy (non-hydrogen) atoms. The summed E-state index contributed by atoms with van der Waals surface area (Å²) in [6.45, 7) is 0. The van der Waals surface area contributed by atoms with Crippen LogP contribution in [0.5, 0.6) is 0 Å². The van der Waals surface area contributed by atoms with Crippen LogP contribution in [0.25, 0.3) is 0 Å². The van der Waals surface area contributed by atoms with Crippen LogP contribution in [0.1, 0.15) is 31.2 Å². The van der Waals surface area contributed by atoms with E-state index in [0.717, 1.165) is 18.4 Å². The number of hydrogen-bond acceptors (Lipinski definition) is 3. The Morgan fingerprint density at radius 1 is 1.24 bits per heavy atom. The van der Waals surface area contributed by atoms with Crippen molar-refractivity contribution in [1.29, 1.82) is 0 Å². The van der Waals surface area contributed by atoms with Crippen LogP contribution in [0.3, 0.4) is 0 Å². The van der Waals surface area contributed by atoms with Gasteiger partial charge in [0.1, 0.15) is 6.04 Å². The Balaban J connectivity index is 1.72. The highest BCUT2D eigenvalue weighted by atomic mass is 35.5. The van der Waals surface area contributed by atoms with Crippen molar-refractivity contribution >= 4 is 29.3 Å². The number of nitrogens with one attached hydrogen (secondary N) is 2. The number of halogens is 1. The smallest absolute Gasteiger partial charge is 0.249 e. The van der Waals surface area contributed by atoms with Crippen molar-refractivity contribution in [2.75, 3.05) is 0 Å². The molecule has 6 heteroatoms. The molecule has 1 aromatic carbocycles. The van der Waals surface area contributed by atoms with Gasteiger partial charge in [-0.2, -0.15) is 0 Å². The summed E-state index contributed by atoms with van der Waals surface area (Å²) in [4.78, 5) is 35.3. The molecule has 1 heterocycles. The Morgan fingerprint density at radius 3 is 2.48 bits per heavy atom. The molecule has 3 rings (SSSR count). The van der Waals surface area contributed by atoms with Gasteiger partial charge in [0.05, 0.1) is 5.41 Å². The van der Waals surface area contributed by atoms with E-state index in [-0.39, 0.29) is 18.2 Å². The predicted octanol–water partition coefficient (Wildman–Crippen LogP) is 1.29. The zero-order valence-electron chi connectivity index (χ0n) is 11.3. The highest BCUT2D eigenvalue weighted by molar-refractivity contribution is 6.30. The second kappa shape index (κ2) is 5.15. The van der Waals surface area contributed by atoms with E-state index in [0.29, 0.717) is 11.4 Å². The zero-order chi connectivity index (χ0) is 15.0. The van der Waals surface area contributed by atoms with Crippen molar-refractivity contribution in [3.8, 4) is 0 Å².